The Kier molecular flexibility index (Phi) is 5.68. The van der Waals surface area contributed by atoms with Gasteiger partial charge in [0.05, 0.1) is 0 Å². The van der Waals surface area contributed by atoms with E-state index in [1.165, 1.54) is 6.92 Å². The molecule has 3 N–H and O–H groups in total. The van der Waals surface area contributed by atoms with Crippen molar-refractivity contribution < 1.29 is 19.1 Å². The van der Waals surface area contributed by atoms with Crippen LogP contribution in [0.1, 0.15) is 28.9 Å². The topological polar surface area (TPSA) is 98.5 Å². The zero-order valence-corrected chi connectivity index (χ0v) is 13.2. The zero-order chi connectivity index (χ0) is 17.5. The molecule has 0 aliphatic heterocycles. The highest BCUT2D eigenvalue weighted by Gasteiger charge is 2.20. The van der Waals surface area contributed by atoms with E-state index < -0.39 is 17.9 Å². The van der Waals surface area contributed by atoms with Crippen LogP contribution in [0, 0.1) is 0 Å². The van der Waals surface area contributed by atoms with Gasteiger partial charge in [-0.15, -0.1) is 0 Å². The van der Waals surface area contributed by atoms with Crippen molar-refractivity contribution in [2.24, 2.45) is 5.73 Å². The van der Waals surface area contributed by atoms with E-state index >= 15 is 0 Å². The Bertz CT molecular complexity index is 726. The molecule has 1 unspecified atom stereocenters. The van der Waals surface area contributed by atoms with Crippen molar-refractivity contribution in [3.05, 3.63) is 65.7 Å². The van der Waals surface area contributed by atoms with Crippen LogP contribution in [0.15, 0.2) is 54.6 Å². The number of carbonyl (C=O) groups is 3. The summed E-state index contributed by atoms with van der Waals surface area (Å²) in [5, 5.41) is 2.54. The number of primary amides is 1. The van der Waals surface area contributed by atoms with Crippen molar-refractivity contribution in [1.29, 1.82) is 0 Å². The quantitative estimate of drug-likeness (QED) is 0.755. The maximum Gasteiger partial charge on any atom is 0.258 e. The first-order chi connectivity index (χ1) is 11.5. The summed E-state index contributed by atoms with van der Waals surface area (Å²) in [4.78, 5) is 34.7. The average Bonchev–Trinajstić information content (AvgIpc) is 2.58. The fourth-order valence-electron chi connectivity index (χ4n) is 2.10. The van der Waals surface area contributed by atoms with Crippen LogP contribution >= 0.6 is 0 Å². The first-order valence-corrected chi connectivity index (χ1v) is 7.35. The first-order valence-electron chi connectivity index (χ1n) is 7.35. The summed E-state index contributed by atoms with van der Waals surface area (Å²) in [5.74, 6) is -0.726. The maximum atomic E-state index is 12.0. The molecule has 0 spiro atoms. The number of carbonyl (C=O) groups excluding carboxylic acids is 3. The van der Waals surface area contributed by atoms with Gasteiger partial charge in [-0.3, -0.25) is 14.4 Å². The molecule has 0 aromatic heterocycles. The van der Waals surface area contributed by atoms with E-state index in [2.05, 4.69) is 5.32 Å². The number of benzene rings is 2. The number of nitrogens with two attached hydrogens (primary N) is 1. The number of rotatable bonds is 7. The molecule has 6 heteroatoms. The van der Waals surface area contributed by atoms with Crippen molar-refractivity contribution in [3.63, 3.8) is 0 Å². The Morgan fingerprint density at radius 1 is 1.04 bits per heavy atom. The largest absolute Gasteiger partial charge is 0.484 e. The molecular weight excluding hydrogens is 308 g/mol. The first kappa shape index (κ1) is 17.2. The fraction of sp³-hybridized carbons (Fsp3) is 0.167. The average molecular weight is 326 g/mol. The number of nitrogens with one attached hydrogen (secondary N) is 1. The smallest absolute Gasteiger partial charge is 0.258 e. The van der Waals surface area contributed by atoms with Crippen LogP contribution in [0.25, 0.3) is 0 Å². The molecule has 2 aromatic carbocycles. The van der Waals surface area contributed by atoms with E-state index in [-0.39, 0.29) is 12.4 Å². The molecule has 2 amide bonds. The summed E-state index contributed by atoms with van der Waals surface area (Å²) in [5.41, 5.74) is 6.50. The molecule has 0 bridgehead atoms. The summed E-state index contributed by atoms with van der Waals surface area (Å²) >= 11 is 0. The third-order valence-electron chi connectivity index (χ3n) is 3.35. The Morgan fingerprint density at radius 2 is 1.67 bits per heavy atom. The molecule has 0 aliphatic rings. The Labute approximate surface area is 139 Å². The monoisotopic (exact) mass is 326 g/mol. The van der Waals surface area contributed by atoms with Crippen molar-refractivity contribution in [2.45, 2.75) is 13.0 Å². The van der Waals surface area contributed by atoms with Crippen LogP contribution in [-0.4, -0.2) is 24.2 Å². The number of ether oxygens (including phenoxy) is 1. The van der Waals surface area contributed by atoms with Crippen LogP contribution < -0.4 is 15.8 Å². The lowest BCUT2D eigenvalue weighted by Crippen LogP contribution is -2.39. The highest BCUT2D eigenvalue weighted by atomic mass is 16.5. The molecule has 0 saturated heterocycles. The second-order valence-corrected chi connectivity index (χ2v) is 5.18. The SMILES string of the molecule is CC(=O)c1ccc(OCC(=O)NC(C(N)=O)c2ccccc2)cc1. The molecule has 6 nitrogen and oxygen atoms in total. The van der Waals surface area contributed by atoms with Crippen LogP contribution in [0.5, 0.6) is 5.75 Å². The molecule has 0 aliphatic carbocycles. The number of amides is 2. The van der Waals surface area contributed by atoms with Gasteiger partial charge in [0.15, 0.2) is 12.4 Å². The lowest BCUT2D eigenvalue weighted by molar-refractivity contribution is -0.128. The third-order valence-corrected chi connectivity index (χ3v) is 3.35. The van der Waals surface area contributed by atoms with E-state index in [1.54, 1.807) is 54.6 Å². The molecule has 0 radical (unpaired) electrons. The minimum Gasteiger partial charge on any atom is -0.484 e. The number of hydrogen-bond donors (Lipinski definition) is 2. The molecular formula is C18H18N2O4. The van der Waals surface area contributed by atoms with Gasteiger partial charge in [-0.25, -0.2) is 0 Å². The van der Waals surface area contributed by atoms with Gasteiger partial charge in [-0.1, -0.05) is 30.3 Å². The van der Waals surface area contributed by atoms with Crippen LogP contribution in [0.2, 0.25) is 0 Å². The van der Waals surface area contributed by atoms with E-state index in [1.807, 2.05) is 0 Å². The van der Waals surface area contributed by atoms with Gasteiger partial charge in [-0.05, 0) is 36.8 Å². The molecule has 2 rings (SSSR count). The summed E-state index contributed by atoms with van der Waals surface area (Å²) in [6, 6.07) is 14.2. The van der Waals surface area contributed by atoms with Crippen molar-refractivity contribution in [1.82, 2.24) is 5.32 Å². The summed E-state index contributed by atoms with van der Waals surface area (Å²) in [6.07, 6.45) is 0. The van der Waals surface area contributed by atoms with Crippen LogP contribution in [0.4, 0.5) is 0 Å². The van der Waals surface area contributed by atoms with Gasteiger partial charge in [-0.2, -0.15) is 0 Å². The molecule has 24 heavy (non-hydrogen) atoms. The molecule has 0 heterocycles. The van der Waals surface area contributed by atoms with E-state index in [0.29, 0.717) is 16.9 Å². The van der Waals surface area contributed by atoms with Crippen molar-refractivity contribution in [2.75, 3.05) is 6.61 Å². The zero-order valence-electron chi connectivity index (χ0n) is 13.2. The van der Waals surface area contributed by atoms with Crippen molar-refractivity contribution >= 4 is 17.6 Å². The van der Waals surface area contributed by atoms with Crippen LogP contribution in [-0.2, 0) is 9.59 Å². The lowest BCUT2D eigenvalue weighted by Gasteiger charge is -2.16. The Balaban J connectivity index is 1.94. The summed E-state index contributed by atoms with van der Waals surface area (Å²) in [7, 11) is 0. The highest BCUT2D eigenvalue weighted by molar-refractivity contribution is 5.94. The summed E-state index contributed by atoms with van der Waals surface area (Å²) in [6.45, 7) is 1.20. The van der Waals surface area contributed by atoms with Gasteiger partial charge in [0.25, 0.3) is 5.91 Å². The Hall–Kier alpha value is -3.15. The predicted octanol–water partition coefficient (Wildman–Crippen LogP) is 1.61. The molecule has 0 saturated carbocycles. The lowest BCUT2D eigenvalue weighted by atomic mass is 10.1. The standard InChI is InChI=1S/C18H18N2O4/c1-12(21)13-7-9-15(10-8-13)24-11-16(22)20-17(18(19)23)14-5-3-2-4-6-14/h2-10,17H,11H2,1H3,(H2,19,23)(H,20,22). The van der Waals surface area contributed by atoms with Gasteiger partial charge >= 0.3 is 0 Å². The third kappa shape index (κ3) is 4.67. The molecule has 0 fully saturated rings. The second-order valence-electron chi connectivity index (χ2n) is 5.18. The second kappa shape index (κ2) is 7.92. The summed E-state index contributed by atoms with van der Waals surface area (Å²) < 4.78 is 5.34. The highest BCUT2D eigenvalue weighted by Crippen LogP contribution is 2.14. The van der Waals surface area contributed by atoms with Gasteiger partial charge in [0.1, 0.15) is 11.8 Å². The molecule has 1 atom stereocenters. The van der Waals surface area contributed by atoms with Gasteiger partial charge in [0.2, 0.25) is 5.91 Å². The number of Topliss-reactive ketones (excluding diaryl/α,β-unsaturated/α-hetero) is 1. The fourth-order valence-corrected chi connectivity index (χ4v) is 2.10. The predicted molar refractivity (Wildman–Crippen MR) is 88.5 cm³/mol. The molecule has 2 aromatic rings. The van der Waals surface area contributed by atoms with Crippen LogP contribution in [0.3, 0.4) is 0 Å². The van der Waals surface area contributed by atoms with Gasteiger partial charge < -0.3 is 15.8 Å². The van der Waals surface area contributed by atoms with Gasteiger partial charge in [0, 0.05) is 5.56 Å². The van der Waals surface area contributed by atoms with E-state index in [0.717, 1.165) is 0 Å². The normalized spacial score (nSPS) is 11.4. The molecule has 124 valence electrons. The Morgan fingerprint density at radius 3 is 2.21 bits per heavy atom. The number of hydrogen-bond acceptors (Lipinski definition) is 4. The minimum absolute atomic E-state index is 0.0496. The van der Waals surface area contributed by atoms with E-state index in [9.17, 15) is 14.4 Å². The maximum absolute atomic E-state index is 12.0. The van der Waals surface area contributed by atoms with E-state index in [4.69, 9.17) is 10.5 Å². The minimum atomic E-state index is -0.914. The number of ketones is 1. The van der Waals surface area contributed by atoms with Crippen molar-refractivity contribution in [3.8, 4) is 5.75 Å².